The number of nitriles is 1. The summed E-state index contributed by atoms with van der Waals surface area (Å²) in [5.41, 5.74) is 1.66. The largest absolute Gasteiger partial charge is 0.497 e. The lowest BCUT2D eigenvalue weighted by molar-refractivity contribution is -0.151. The summed E-state index contributed by atoms with van der Waals surface area (Å²) < 4.78 is 10.3. The highest BCUT2D eigenvalue weighted by Crippen LogP contribution is 2.15. The van der Waals surface area contributed by atoms with E-state index in [1.54, 1.807) is 31.4 Å². The van der Waals surface area contributed by atoms with Crippen LogP contribution in [0.2, 0.25) is 0 Å². The van der Waals surface area contributed by atoms with Gasteiger partial charge in [0, 0.05) is 6.04 Å². The van der Waals surface area contributed by atoms with Crippen molar-refractivity contribution in [3.05, 3.63) is 71.3 Å². The number of carbonyl (C=O) groups is 2. The van der Waals surface area contributed by atoms with Crippen molar-refractivity contribution in [1.29, 1.82) is 5.26 Å². The van der Waals surface area contributed by atoms with Crippen LogP contribution in [0.4, 0.5) is 0 Å². The summed E-state index contributed by atoms with van der Waals surface area (Å²) in [6, 6.07) is 18.6. The van der Waals surface area contributed by atoms with Crippen LogP contribution in [0.5, 0.6) is 5.75 Å². The molecule has 2 rings (SSSR count). The van der Waals surface area contributed by atoms with E-state index in [1.165, 1.54) is 18.6 Å². The molecule has 156 valence electrons. The van der Waals surface area contributed by atoms with Gasteiger partial charge in [-0.15, -0.1) is 0 Å². The van der Waals surface area contributed by atoms with Crippen LogP contribution in [-0.4, -0.2) is 31.1 Å². The molecule has 0 unspecified atom stereocenters. The zero-order chi connectivity index (χ0) is 21.9. The predicted molar refractivity (Wildman–Crippen MR) is 115 cm³/mol. The van der Waals surface area contributed by atoms with Gasteiger partial charge in [0.1, 0.15) is 17.4 Å². The van der Waals surface area contributed by atoms with Crippen molar-refractivity contribution in [2.24, 2.45) is 0 Å². The van der Waals surface area contributed by atoms with Gasteiger partial charge in [0.2, 0.25) is 0 Å². The average Bonchev–Trinajstić information content (AvgIpc) is 2.77. The zero-order valence-corrected chi connectivity index (χ0v) is 17.4. The topological polar surface area (TPSA) is 88.4 Å². The van der Waals surface area contributed by atoms with Gasteiger partial charge in [-0.3, -0.25) is 4.79 Å². The molecule has 0 radical (unpaired) electrons. The quantitative estimate of drug-likeness (QED) is 0.390. The molecule has 0 aliphatic rings. The SMILES string of the molecule is COc1ccc(/C=C(\C#N)C(=O)O[C@H](C)C(=O)N[C@H](C)CCc2ccccc2)cc1. The number of rotatable bonds is 9. The molecule has 1 amide bonds. The van der Waals surface area contributed by atoms with Crippen LogP contribution in [0.3, 0.4) is 0 Å². The van der Waals surface area contributed by atoms with Crippen molar-refractivity contribution in [3.8, 4) is 11.8 Å². The van der Waals surface area contributed by atoms with Crippen LogP contribution in [0.1, 0.15) is 31.4 Å². The Morgan fingerprint density at radius 1 is 1.10 bits per heavy atom. The number of nitrogens with one attached hydrogen (secondary N) is 1. The van der Waals surface area contributed by atoms with Crippen molar-refractivity contribution < 1.29 is 19.1 Å². The number of nitrogens with zero attached hydrogens (tertiary/aromatic N) is 1. The van der Waals surface area contributed by atoms with Gasteiger partial charge in [-0.05, 0) is 56.0 Å². The van der Waals surface area contributed by atoms with Crippen molar-refractivity contribution in [2.45, 2.75) is 38.8 Å². The number of hydrogen-bond donors (Lipinski definition) is 1. The Balaban J connectivity index is 1.88. The molecule has 0 bridgehead atoms. The lowest BCUT2D eigenvalue weighted by Crippen LogP contribution is -2.41. The van der Waals surface area contributed by atoms with E-state index in [-0.39, 0.29) is 11.6 Å². The molecule has 1 N–H and O–H groups in total. The van der Waals surface area contributed by atoms with Crippen LogP contribution in [0.15, 0.2) is 60.2 Å². The number of aryl methyl sites for hydroxylation is 1. The number of ether oxygens (including phenoxy) is 2. The highest BCUT2D eigenvalue weighted by atomic mass is 16.5. The normalized spacial score (nSPS) is 12.9. The lowest BCUT2D eigenvalue weighted by atomic mass is 10.1. The minimum absolute atomic E-state index is 0.0795. The second-order valence-corrected chi connectivity index (χ2v) is 6.92. The summed E-state index contributed by atoms with van der Waals surface area (Å²) in [5, 5.41) is 12.1. The van der Waals surface area contributed by atoms with E-state index in [2.05, 4.69) is 5.32 Å². The Morgan fingerprint density at radius 2 is 1.77 bits per heavy atom. The molecule has 0 spiro atoms. The van der Waals surface area contributed by atoms with Crippen LogP contribution in [0, 0.1) is 11.3 Å². The number of benzene rings is 2. The maximum Gasteiger partial charge on any atom is 0.349 e. The number of esters is 1. The Labute approximate surface area is 177 Å². The van der Waals surface area contributed by atoms with Crippen LogP contribution < -0.4 is 10.1 Å². The maximum atomic E-state index is 12.3. The standard InChI is InChI=1S/C24H26N2O4/c1-17(9-10-19-7-5-4-6-8-19)26-23(27)18(2)30-24(28)21(16-25)15-20-11-13-22(29-3)14-12-20/h4-8,11-15,17-18H,9-10H2,1-3H3,(H,26,27)/b21-15+/t17-,18-/m1/s1. The van der Waals surface area contributed by atoms with Gasteiger partial charge in [0.25, 0.3) is 5.91 Å². The fraction of sp³-hybridized carbons (Fsp3) is 0.292. The van der Waals surface area contributed by atoms with Gasteiger partial charge in [-0.2, -0.15) is 5.26 Å². The predicted octanol–water partition coefficient (Wildman–Crippen LogP) is 3.67. The fourth-order valence-electron chi connectivity index (χ4n) is 2.74. The van der Waals surface area contributed by atoms with E-state index >= 15 is 0 Å². The smallest absolute Gasteiger partial charge is 0.349 e. The minimum atomic E-state index is -1.01. The Kier molecular flexibility index (Phi) is 8.64. The lowest BCUT2D eigenvalue weighted by Gasteiger charge is -2.18. The van der Waals surface area contributed by atoms with E-state index in [0.29, 0.717) is 11.3 Å². The molecule has 6 heteroatoms. The minimum Gasteiger partial charge on any atom is -0.497 e. The third kappa shape index (κ3) is 7.10. The molecule has 2 aromatic rings. The second-order valence-electron chi connectivity index (χ2n) is 6.92. The number of hydrogen-bond acceptors (Lipinski definition) is 5. The first-order chi connectivity index (χ1) is 14.4. The third-order valence-corrected chi connectivity index (χ3v) is 4.52. The van der Waals surface area contributed by atoms with Crippen LogP contribution in [-0.2, 0) is 20.7 Å². The van der Waals surface area contributed by atoms with Gasteiger partial charge >= 0.3 is 5.97 Å². The number of amides is 1. The van der Waals surface area contributed by atoms with Gasteiger partial charge in [0.05, 0.1) is 7.11 Å². The van der Waals surface area contributed by atoms with Crippen LogP contribution >= 0.6 is 0 Å². The summed E-state index contributed by atoms with van der Waals surface area (Å²) in [6.07, 6.45) is 2.00. The molecule has 0 saturated heterocycles. The summed E-state index contributed by atoms with van der Waals surface area (Å²) in [7, 11) is 1.55. The van der Waals surface area contributed by atoms with Crippen LogP contribution in [0.25, 0.3) is 6.08 Å². The molecular weight excluding hydrogens is 380 g/mol. The molecule has 2 aromatic carbocycles. The molecule has 6 nitrogen and oxygen atoms in total. The summed E-state index contributed by atoms with van der Waals surface area (Å²) in [4.78, 5) is 24.6. The van der Waals surface area contributed by atoms with Gasteiger partial charge in [-0.1, -0.05) is 42.5 Å². The van der Waals surface area contributed by atoms with E-state index in [4.69, 9.17) is 9.47 Å². The fourth-order valence-corrected chi connectivity index (χ4v) is 2.74. The van der Waals surface area contributed by atoms with E-state index in [9.17, 15) is 14.9 Å². The first kappa shape index (κ1) is 22.7. The molecule has 0 aliphatic carbocycles. The number of methoxy groups -OCH3 is 1. The van der Waals surface area contributed by atoms with Crippen molar-refractivity contribution >= 4 is 18.0 Å². The molecule has 0 fully saturated rings. The summed E-state index contributed by atoms with van der Waals surface area (Å²) in [5.74, 6) is -0.571. The van der Waals surface area contributed by atoms with E-state index in [1.807, 2.05) is 43.3 Å². The molecule has 0 saturated carbocycles. The Morgan fingerprint density at radius 3 is 2.37 bits per heavy atom. The zero-order valence-electron chi connectivity index (χ0n) is 17.4. The first-order valence-corrected chi connectivity index (χ1v) is 9.74. The summed E-state index contributed by atoms with van der Waals surface area (Å²) in [6.45, 7) is 3.39. The molecule has 30 heavy (non-hydrogen) atoms. The monoisotopic (exact) mass is 406 g/mol. The van der Waals surface area contributed by atoms with Crippen molar-refractivity contribution in [1.82, 2.24) is 5.32 Å². The van der Waals surface area contributed by atoms with Gasteiger partial charge in [0.15, 0.2) is 6.10 Å². The second kappa shape index (κ2) is 11.4. The highest BCUT2D eigenvalue weighted by molar-refractivity contribution is 5.99. The Hall–Kier alpha value is -3.59. The average molecular weight is 406 g/mol. The highest BCUT2D eigenvalue weighted by Gasteiger charge is 2.21. The summed E-state index contributed by atoms with van der Waals surface area (Å²) >= 11 is 0. The van der Waals surface area contributed by atoms with E-state index in [0.717, 1.165) is 12.8 Å². The molecule has 0 heterocycles. The molecule has 2 atom stereocenters. The molecular formula is C24H26N2O4. The maximum absolute atomic E-state index is 12.3. The molecule has 0 aromatic heterocycles. The first-order valence-electron chi connectivity index (χ1n) is 9.74. The molecule has 0 aliphatic heterocycles. The van der Waals surface area contributed by atoms with Crippen molar-refractivity contribution in [2.75, 3.05) is 7.11 Å². The Bertz CT molecular complexity index is 914. The third-order valence-electron chi connectivity index (χ3n) is 4.52. The van der Waals surface area contributed by atoms with Gasteiger partial charge < -0.3 is 14.8 Å². The van der Waals surface area contributed by atoms with Crippen molar-refractivity contribution in [3.63, 3.8) is 0 Å². The number of carbonyl (C=O) groups excluding carboxylic acids is 2. The van der Waals surface area contributed by atoms with Gasteiger partial charge in [-0.25, -0.2) is 4.79 Å². The van der Waals surface area contributed by atoms with E-state index < -0.39 is 18.0 Å².